The third-order valence-corrected chi connectivity index (χ3v) is 1.83. The van der Waals surface area contributed by atoms with Crippen LogP contribution in [0.3, 0.4) is 0 Å². The van der Waals surface area contributed by atoms with Crippen molar-refractivity contribution in [1.82, 2.24) is 10.2 Å². The monoisotopic (exact) mass is 202 g/mol. The molecule has 0 aliphatic heterocycles. The van der Waals surface area contributed by atoms with Crippen molar-refractivity contribution in [2.75, 3.05) is 20.1 Å². The largest absolute Gasteiger partial charge is 0.480 e. The molecule has 0 fully saturated rings. The van der Waals surface area contributed by atoms with Gasteiger partial charge in [0.2, 0.25) is 0 Å². The molecule has 0 atom stereocenters. The van der Waals surface area contributed by atoms with Gasteiger partial charge < -0.3 is 15.3 Å². The Bertz CT molecular complexity index is 194. The lowest BCUT2D eigenvalue weighted by atomic mass is 10.2. The summed E-state index contributed by atoms with van der Waals surface area (Å²) < 4.78 is 0. The summed E-state index contributed by atoms with van der Waals surface area (Å²) in [6.45, 7) is 2.43. The van der Waals surface area contributed by atoms with E-state index in [9.17, 15) is 9.59 Å². The van der Waals surface area contributed by atoms with E-state index in [0.717, 1.165) is 19.3 Å². The molecule has 2 N–H and O–H groups in total. The Hall–Kier alpha value is -1.26. The predicted molar refractivity (Wildman–Crippen MR) is 53.2 cm³/mol. The molecule has 0 spiro atoms. The van der Waals surface area contributed by atoms with Crippen molar-refractivity contribution in [1.29, 1.82) is 0 Å². The van der Waals surface area contributed by atoms with Crippen LogP contribution in [0.1, 0.15) is 26.2 Å². The number of carboxylic acids is 1. The van der Waals surface area contributed by atoms with Crippen molar-refractivity contribution in [2.24, 2.45) is 0 Å². The highest BCUT2D eigenvalue weighted by Gasteiger charge is 2.08. The van der Waals surface area contributed by atoms with E-state index < -0.39 is 5.97 Å². The number of carbonyl (C=O) groups is 2. The number of nitrogens with zero attached hydrogens (tertiary/aromatic N) is 1. The summed E-state index contributed by atoms with van der Waals surface area (Å²) in [6, 6.07) is -0.330. The Morgan fingerprint density at radius 2 is 2.00 bits per heavy atom. The van der Waals surface area contributed by atoms with E-state index in [1.54, 1.807) is 7.05 Å². The van der Waals surface area contributed by atoms with Gasteiger partial charge in [-0.05, 0) is 6.42 Å². The van der Waals surface area contributed by atoms with Gasteiger partial charge >= 0.3 is 12.0 Å². The molecule has 82 valence electrons. The highest BCUT2D eigenvalue weighted by atomic mass is 16.4. The van der Waals surface area contributed by atoms with Crippen LogP contribution in [0.25, 0.3) is 0 Å². The third kappa shape index (κ3) is 6.28. The lowest BCUT2D eigenvalue weighted by Crippen LogP contribution is -2.40. The Kier molecular flexibility index (Phi) is 6.53. The van der Waals surface area contributed by atoms with Crippen molar-refractivity contribution in [3.63, 3.8) is 0 Å². The first kappa shape index (κ1) is 12.7. The van der Waals surface area contributed by atoms with Crippen LogP contribution in [0.4, 0.5) is 4.79 Å². The number of rotatable bonds is 6. The van der Waals surface area contributed by atoms with Gasteiger partial charge in [-0.25, -0.2) is 4.79 Å². The molecule has 0 radical (unpaired) electrons. The zero-order valence-corrected chi connectivity index (χ0v) is 8.75. The van der Waals surface area contributed by atoms with Gasteiger partial charge in [-0.15, -0.1) is 0 Å². The van der Waals surface area contributed by atoms with Crippen LogP contribution in [0.5, 0.6) is 0 Å². The fourth-order valence-corrected chi connectivity index (χ4v) is 0.987. The van der Waals surface area contributed by atoms with Gasteiger partial charge in [0.25, 0.3) is 0 Å². The first-order valence-corrected chi connectivity index (χ1v) is 4.78. The highest BCUT2D eigenvalue weighted by molar-refractivity contribution is 5.79. The molecule has 0 unspecified atom stereocenters. The second-order valence-electron chi connectivity index (χ2n) is 3.18. The van der Waals surface area contributed by atoms with Crippen LogP contribution in [0, 0.1) is 0 Å². The van der Waals surface area contributed by atoms with E-state index in [2.05, 4.69) is 12.2 Å². The van der Waals surface area contributed by atoms with Crippen molar-refractivity contribution in [2.45, 2.75) is 26.2 Å². The maximum Gasteiger partial charge on any atom is 0.323 e. The summed E-state index contributed by atoms with van der Waals surface area (Å²) in [7, 11) is 1.66. The fourth-order valence-electron chi connectivity index (χ4n) is 0.987. The Balaban J connectivity index is 3.59. The van der Waals surface area contributed by atoms with E-state index in [1.165, 1.54) is 4.90 Å². The van der Waals surface area contributed by atoms with Crippen molar-refractivity contribution in [3.05, 3.63) is 0 Å². The molecular weight excluding hydrogens is 184 g/mol. The van der Waals surface area contributed by atoms with Crippen molar-refractivity contribution >= 4 is 12.0 Å². The average molecular weight is 202 g/mol. The van der Waals surface area contributed by atoms with Gasteiger partial charge in [-0.2, -0.15) is 0 Å². The fraction of sp³-hybridized carbons (Fsp3) is 0.778. The van der Waals surface area contributed by atoms with E-state index >= 15 is 0 Å². The zero-order valence-electron chi connectivity index (χ0n) is 8.75. The number of amides is 2. The molecule has 0 saturated heterocycles. The summed E-state index contributed by atoms with van der Waals surface area (Å²) in [5, 5.41) is 10.6. The van der Waals surface area contributed by atoms with Crippen molar-refractivity contribution < 1.29 is 14.7 Å². The third-order valence-electron chi connectivity index (χ3n) is 1.83. The molecule has 0 aliphatic carbocycles. The molecule has 2 amide bonds. The Morgan fingerprint density at radius 3 is 2.50 bits per heavy atom. The zero-order chi connectivity index (χ0) is 11.0. The number of hydrogen-bond donors (Lipinski definition) is 2. The summed E-state index contributed by atoms with van der Waals surface area (Å²) in [6.07, 6.45) is 3.13. The minimum absolute atomic E-state index is 0.322. The van der Waals surface area contributed by atoms with Crippen LogP contribution in [0.2, 0.25) is 0 Å². The van der Waals surface area contributed by atoms with Gasteiger partial charge in [0.1, 0.15) is 6.54 Å². The summed E-state index contributed by atoms with van der Waals surface area (Å²) in [4.78, 5) is 22.8. The van der Waals surface area contributed by atoms with Crippen LogP contribution in [-0.2, 0) is 4.79 Å². The maximum atomic E-state index is 11.2. The quantitative estimate of drug-likeness (QED) is 0.629. The van der Waals surface area contributed by atoms with E-state index in [-0.39, 0.29) is 12.6 Å². The number of carbonyl (C=O) groups excluding carboxylic acids is 1. The minimum Gasteiger partial charge on any atom is -0.480 e. The van der Waals surface area contributed by atoms with Gasteiger partial charge in [0.05, 0.1) is 0 Å². The Labute approximate surface area is 84.1 Å². The van der Waals surface area contributed by atoms with Crippen LogP contribution in [0.15, 0.2) is 0 Å². The standard InChI is InChI=1S/C9H18N2O3/c1-3-4-5-6-11(2)9(14)10-7-8(12)13/h3-7H2,1-2H3,(H,10,14)(H,12,13). The molecule has 5 heteroatoms. The molecule has 0 heterocycles. The molecule has 0 aromatic heterocycles. The first-order chi connectivity index (χ1) is 6.57. The van der Waals surface area contributed by atoms with Gasteiger partial charge in [0.15, 0.2) is 0 Å². The molecule has 0 bridgehead atoms. The summed E-state index contributed by atoms with van der Waals surface area (Å²) >= 11 is 0. The minimum atomic E-state index is -1.03. The molecule has 0 rings (SSSR count). The topological polar surface area (TPSA) is 69.6 Å². The SMILES string of the molecule is CCCCCN(C)C(=O)NCC(=O)O. The number of unbranched alkanes of at least 4 members (excludes halogenated alkanes) is 2. The Morgan fingerprint density at radius 1 is 1.36 bits per heavy atom. The molecule has 0 aromatic rings. The number of hydrogen-bond acceptors (Lipinski definition) is 2. The summed E-state index contributed by atoms with van der Waals surface area (Å²) in [5.74, 6) is -1.03. The number of urea groups is 1. The lowest BCUT2D eigenvalue weighted by molar-refractivity contribution is -0.135. The molecular formula is C9H18N2O3. The molecule has 0 aliphatic rings. The smallest absolute Gasteiger partial charge is 0.323 e. The van der Waals surface area contributed by atoms with Gasteiger partial charge in [-0.3, -0.25) is 4.79 Å². The number of nitrogens with one attached hydrogen (secondary N) is 1. The van der Waals surface area contributed by atoms with Crippen LogP contribution >= 0.6 is 0 Å². The lowest BCUT2D eigenvalue weighted by Gasteiger charge is -2.16. The van der Waals surface area contributed by atoms with Gasteiger partial charge in [-0.1, -0.05) is 19.8 Å². The normalized spacial score (nSPS) is 9.57. The predicted octanol–water partition coefficient (Wildman–Crippen LogP) is 0.903. The first-order valence-electron chi connectivity index (χ1n) is 4.78. The molecule has 14 heavy (non-hydrogen) atoms. The molecule has 5 nitrogen and oxygen atoms in total. The molecule has 0 aromatic carbocycles. The number of carboxylic acid groups (broad SMARTS) is 1. The second kappa shape index (κ2) is 7.17. The van der Waals surface area contributed by atoms with E-state index in [0.29, 0.717) is 6.54 Å². The van der Waals surface area contributed by atoms with Gasteiger partial charge in [0, 0.05) is 13.6 Å². The van der Waals surface area contributed by atoms with E-state index in [4.69, 9.17) is 5.11 Å². The molecule has 0 saturated carbocycles. The highest BCUT2D eigenvalue weighted by Crippen LogP contribution is 1.96. The second-order valence-corrected chi connectivity index (χ2v) is 3.18. The van der Waals surface area contributed by atoms with Crippen molar-refractivity contribution in [3.8, 4) is 0 Å². The maximum absolute atomic E-state index is 11.2. The van der Waals surface area contributed by atoms with E-state index in [1.807, 2.05) is 0 Å². The van der Waals surface area contributed by atoms with Crippen LogP contribution < -0.4 is 5.32 Å². The summed E-state index contributed by atoms with van der Waals surface area (Å²) in [5.41, 5.74) is 0. The van der Waals surface area contributed by atoms with Crippen LogP contribution in [-0.4, -0.2) is 42.1 Å². The average Bonchev–Trinajstić information content (AvgIpc) is 2.14. The number of aliphatic carboxylic acids is 1.